The molecule has 1 saturated carbocycles. The van der Waals surface area contributed by atoms with E-state index in [1.165, 1.54) is 0 Å². The summed E-state index contributed by atoms with van der Waals surface area (Å²) in [4.78, 5) is 11.3. The van der Waals surface area contributed by atoms with Gasteiger partial charge < -0.3 is 10.6 Å². The fraction of sp³-hybridized carbons (Fsp3) is 0.429. The zero-order valence-electron chi connectivity index (χ0n) is 10.1. The Balaban J connectivity index is 1.69. The standard InChI is InChI=1S/C14H15N3O/c15-8-14(4-1-5-14)9-16-11-2-3-12-10(6-11)7-13(18)17-12/h2-3,6,16H,1,4-5,7,9H2,(H,17,18). The summed E-state index contributed by atoms with van der Waals surface area (Å²) in [6.07, 6.45) is 3.58. The predicted molar refractivity (Wildman–Crippen MR) is 69.2 cm³/mol. The first kappa shape index (κ1) is 11.1. The van der Waals surface area contributed by atoms with Gasteiger partial charge in [0.25, 0.3) is 0 Å². The van der Waals surface area contributed by atoms with Crippen LogP contribution in [0.4, 0.5) is 11.4 Å². The summed E-state index contributed by atoms with van der Waals surface area (Å²) in [7, 11) is 0. The van der Waals surface area contributed by atoms with E-state index in [-0.39, 0.29) is 11.3 Å². The number of carbonyl (C=O) groups excluding carboxylic acids is 1. The molecule has 2 aliphatic rings. The second-order valence-electron chi connectivity index (χ2n) is 5.20. The fourth-order valence-electron chi connectivity index (χ4n) is 2.54. The molecule has 0 bridgehead atoms. The van der Waals surface area contributed by atoms with Crippen molar-refractivity contribution in [1.29, 1.82) is 5.26 Å². The monoisotopic (exact) mass is 241 g/mol. The number of nitrogens with one attached hydrogen (secondary N) is 2. The maximum absolute atomic E-state index is 11.3. The summed E-state index contributed by atoms with van der Waals surface area (Å²) in [5, 5.41) is 15.3. The van der Waals surface area contributed by atoms with Crippen LogP contribution in [-0.4, -0.2) is 12.5 Å². The molecule has 0 radical (unpaired) electrons. The molecule has 1 aliphatic carbocycles. The molecule has 0 spiro atoms. The normalized spacial score (nSPS) is 19.4. The molecule has 1 amide bonds. The molecule has 1 aliphatic heterocycles. The van der Waals surface area contributed by atoms with Gasteiger partial charge in [0.2, 0.25) is 5.91 Å². The van der Waals surface area contributed by atoms with Crippen LogP contribution >= 0.6 is 0 Å². The van der Waals surface area contributed by atoms with Crippen LogP contribution in [0.1, 0.15) is 24.8 Å². The highest BCUT2D eigenvalue weighted by Gasteiger charge is 2.36. The van der Waals surface area contributed by atoms with E-state index >= 15 is 0 Å². The van der Waals surface area contributed by atoms with Crippen LogP contribution in [-0.2, 0) is 11.2 Å². The van der Waals surface area contributed by atoms with Crippen LogP contribution in [0.15, 0.2) is 18.2 Å². The van der Waals surface area contributed by atoms with Crippen molar-refractivity contribution in [2.24, 2.45) is 5.41 Å². The number of rotatable bonds is 3. The Labute approximate surface area is 106 Å². The lowest BCUT2D eigenvalue weighted by atomic mass is 9.70. The Morgan fingerprint density at radius 2 is 2.28 bits per heavy atom. The molecule has 1 heterocycles. The van der Waals surface area contributed by atoms with E-state index in [0.717, 1.165) is 36.2 Å². The van der Waals surface area contributed by atoms with Gasteiger partial charge in [-0.15, -0.1) is 0 Å². The molecular weight excluding hydrogens is 226 g/mol. The van der Waals surface area contributed by atoms with E-state index in [4.69, 9.17) is 5.26 Å². The number of carbonyl (C=O) groups is 1. The smallest absolute Gasteiger partial charge is 0.228 e. The highest BCUT2D eigenvalue weighted by molar-refractivity contribution is 5.99. The van der Waals surface area contributed by atoms with Crippen LogP contribution < -0.4 is 10.6 Å². The van der Waals surface area contributed by atoms with Gasteiger partial charge in [0, 0.05) is 17.9 Å². The third-order valence-corrected chi connectivity index (χ3v) is 3.91. The largest absolute Gasteiger partial charge is 0.383 e. The van der Waals surface area contributed by atoms with E-state index in [1.807, 2.05) is 18.2 Å². The Morgan fingerprint density at radius 1 is 1.44 bits per heavy atom. The van der Waals surface area contributed by atoms with Gasteiger partial charge in [-0.25, -0.2) is 0 Å². The van der Waals surface area contributed by atoms with Crippen molar-refractivity contribution in [1.82, 2.24) is 0 Å². The number of nitrogens with zero attached hydrogens (tertiary/aromatic N) is 1. The van der Waals surface area contributed by atoms with Crippen molar-refractivity contribution in [2.75, 3.05) is 17.2 Å². The van der Waals surface area contributed by atoms with Crippen molar-refractivity contribution in [3.05, 3.63) is 23.8 Å². The summed E-state index contributed by atoms with van der Waals surface area (Å²) in [5.74, 6) is 0.0506. The number of hydrogen-bond donors (Lipinski definition) is 2. The molecule has 0 unspecified atom stereocenters. The van der Waals surface area contributed by atoms with Crippen LogP contribution in [0, 0.1) is 16.7 Å². The number of anilines is 2. The van der Waals surface area contributed by atoms with Gasteiger partial charge in [0.1, 0.15) is 0 Å². The average molecular weight is 241 g/mol. The minimum absolute atomic E-state index is 0.0506. The maximum Gasteiger partial charge on any atom is 0.228 e. The Bertz CT molecular complexity index is 540. The van der Waals surface area contributed by atoms with Crippen molar-refractivity contribution in [2.45, 2.75) is 25.7 Å². The van der Waals surface area contributed by atoms with E-state index in [1.54, 1.807) is 0 Å². The SMILES string of the molecule is N#CC1(CNc2ccc3c(c2)CC(=O)N3)CCC1. The summed E-state index contributed by atoms with van der Waals surface area (Å²) in [5.41, 5.74) is 2.76. The lowest BCUT2D eigenvalue weighted by molar-refractivity contribution is -0.115. The van der Waals surface area contributed by atoms with Crippen molar-refractivity contribution < 1.29 is 4.79 Å². The van der Waals surface area contributed by atoms with Crippen LogP contribution in [0.5, 0.6) is 0 Å². The minimum atomic E-state index is -0.174. The van der Waals surface area contributed by atoms with Gasteiger partial charge >= 0.3 is 0 Å². The highest BCUT2D eigenvalue weighted by atomic mass is 16.1. The number of hydrogen-bond acceptors (Lipinski definition) is 3. The van der Waals surface area contributed by atoms with Crippen LogP contribution in [0.3, 0.4) is 0 Å². The molecule has 4 nitrogen and oxygen atoms in total. The Kier molecular flexibility index (Phi) is 2.48. The lowest BCUT2D eigenvalue weighted by Crippen LogP contribution is -2.35. The summed E-state index contributed by atoms with van der Waals surface area (Å²) in [6, 6.07) is 8.28. The highest BCUT2D eigenvalue weighted by Crippen LogP contribution is 2.40. The molecule has 1 fully saturated rings. The predicted octanol–water partition coefficient (Wildman–Crippen LogP) is 2.29. The zero-order chi connectivity index (χ0) is 12.6. The summed E-state index contributed by atoms with van der Waals surface area (Å²) >= 11 is 0. The first-order valence-corrected chi connectivity index (χ1v) is 6.29. The topological polar surface area (TPSA) is 64.9 Å². The molecular formula is C14H15N3O. The Hall–Kier alpha value is -2.02. The first-order chi connectivity index (χ1) is 8.71. The molecule has 0 saturated heterocycles. The number of benzene rings is 1. The van der Waals surface area contributed by atoms with Gasteiger partial charge in [-0.05, 0) is 36.6 Å². The van der Waals surface area contributed by atoms with Gasteiger partial charge in [0.05, 0.1) is 17.9 Å². The first-order valence-electron chi connectivity index (χ1n) is 6.29. The molecule has 3 rings (SSSR count). The van der Waals surface area contributed by atoms with Crippen LogP contribution in [0.2, 0.25) is 0 Å². The van der Waals surface area contributed by atoms with E-state index in [9.17, 15) is 4.79 Å². The molecule has 1 aromatic carbocycles. The fourth-order valence-corrected chi connectivity index (χ4v) is 2.54. The number of amides is 1. The molecule has 0 aromatic heterocycles. The van der Waals surface area contributed by atoms with E-state index < -0.39 is 0 Å². The quantitative estimate of drug-likeness (QED) is 0.853. The molecule has 1 aromatic rings. The summed E-state index contributed by atoms with van der Waals surface area (Å²) in [6.45, 7) is 0.698. The van der Waals surface area contributed by atoms with Gasteiger partial charge in [0.15, 0.2) is 0 Å². The van der Waals surface area contributed by atoms with Crippen molar-refractivity contribution in [3.8, 4) is 6.07 Å². The van der Waals surface area contributed by atoms with Gasteiger partial charge in [-0.2, -0.15) is 5.26 Å². The van der Waals surface area contributed by atoms with Gasteiger partial charge in [-0.3, -0.25) is 4.79 Å². The minimum Gasteiger partial charge on any atom is -0.383 e. The summed E-state index contributed by atoms with van der Waals surface area (Å²) < 4.78 is 0. The van der Waals surface area contributed by atoms with Crippen molar-refractivity contribution >= 4 is 17.3 Å². The number of fused-ring (bicyclic) bond motifs is 1. The average Bonchev–Trinajstić information content (AvgIpc) is 2.67. The molecule has 4 heteroatoms. The maximum atomic E-state index is 11.3. The molecule has 92 valence electrons. The van der Waals surface area contributed by atoms with Gasteiger partial charge in [-0.1, -0.05) is 6.42 Å². The number of nitriles is 1. The van der Waals surface area contributed by atoms with Crippen molar-refractivity contribution in [3.63, 3.8) is 0 Å². The molecule has 18 heavy (non-hydrogen) atoms. The third kappa shape index (κ3) is 1.82. The van der Waals surface area contributed by atoms with Crippen LogP contribution in [0.25, 0.3) is 0 Å². The second-order valence-corrected chi connectivity index (χ2v) is 5.20. The lowest BCUT2D eigenvalue weighted by Gasteiger charge is -2.35. The molecule has 2 N–H and O–H groups in total. The zero-order valence-corrected chi connectivity index (χ0v) is 10.1. The Morgan fingerprint density at radius 3 is 2.94 bits per heavy atom. The van der Waals surface area contributed by atoms with E-state index in [2.05, 4.69) is 16.7 Å². The third-order valence-electron chi connectivity index (χ3n) is 3.91. The molecule has 0 atom stereocenters. The second kappa shape index (κ2) is 4.02. The van der Waals surface area contributed by atoms with E-state index in [0.29, 0.717) is 13.0 Å².